The Morgan fingerprint density at radius 2 is 1.82 bits per heavy atom. The maximum absolute atomic E-state index is 13.2. The number of anilines is 1. The van der Waals surface area contributed by atoms with E-state index in [0.717, 1.165) is 46.6 Å². The highest BCUT2D eigenvalue weighted by molar-refractivity contribution is 7.18. The number of thiazole rings is 1. The van der Waals surface area contributed by atoms with Crippen LogP contribution in [-0.4, -0.2) is 35.9 Å². The second kappa shape index (κ2) is 10.7. The Kier molecular flexibility index (Phi) is 7.46. The van der Waals surface area contributed by atoms with Crippen molar-refractivity contribution in [2.75, 3.05) is 18.5 Å². The molecule has 0 bridgehead atoms. The largest absolute Gasteiger partial charge is 0.455 e. The molecule has 3 aromatic rings. The third-order valence-electron chi connectivity index (χ3n) is 5.69. The summed E-state index contributed by atoms with van der Waals surface area (Å²) in [6.07, 6.45) is 3.39. The molecule has 0 spiro atoms. The molecule has 2 N–H and O–H groups in total. The summed E-state index contributed by atoms with van der Waals surface area (Å²) in [6, 6.07) is 10.7. The molecule has 2 atom stereocenters. The fraction of sp³-hybridized carbons (Fsp3) is 0.333. The van der Waals surface area contributed by atoms with Crippen molar-refractivity contribution in [3.63, 3.8) is 0 Å². The number of carbonyl (C=O) groups is 3. The van der Waals surface area contributed by atoms with Gasteiger partial charge in [-0.05, 0) is 37.1 Å². The van der Waals surface area contributed by atoms with Gasteiger partial charge in [0.1, 0.15) is 0 Å². The summed E-state index contributed by atoms with van der Waals surface area (Å²) in [5.74, 6) is -4.28. The van der Waals surface area contributed by atoms with Crippen LogP contribution in [-0.2, 0) is 19.1 Å². The molecule has 34 heavy (non-hydrogen) atoms. The molecule has 0 radical (unpaired) electrons. The van der Waals surface area contributed by atoms with Gasteiger partial charge in [0.05, 0.1) is 27.7 Å². The van der Waals surface area contributed by atoms with E-state index in [1.807, 2.05) is 24.3 Å². The van der Waals surface area contributed by atoms with Crippen LogP contribution in [0.15, 0.2) is 42.5 Å². The number of hydrogen-bond acceptors (Lipinski definition) is 6. The highest BCUT2D eigenvalue weighted by atomic mass is 32.1. The number of nitrogens with zero attached hydrogens (tertiary/aromatic N) is 1. The monoisotopic (exact) mass is 487 g/mol. The Balaban J connectivity index is 1.27. The van der Waals surface area contributed by atoms with Crippen molar-refractivity contribution >= 4 is 45.0 Å². The quantitative estimate of drug-likeness (QED) is 0.488. The molecule has 7 nitrogen and oxygen atoms in total. The molecule has 2 aromatic carbocycles. The Bertz CT molecular complexity index is 1180. The first kappa shape index (κ1) is 23.7. The summed E-state index contributed by atoms with van der Waals surface area (Å²) < 4.78 is 32.5. The van der Waals surface area contributed by atoms with Crippen molar-refractivity contribution in [1.82, 2.24) is 10.3 Å². The van der Waals surface area contributed by atoms with Gasteiger partial charge in [-0.25, -0.2) is 13.8 Å². The van der Waals surface area contributed by atoms with E-state index in [1.165, 1.54) is 6.07 Å². The van der Waals surface area contributed by atoms with Gasteiger partial charge in [0.2, 0.25) is 5.91 Å². The third-order valence-corrected chi connectivity index (χ3v) is 6.86. The fourth-order valence-corrected chi connectivity index (χ4v) is 5.18. The van der Waals surface area contributed by atoms with E-state index >= 15 is 0 Å². The minimum atomic E-state index is -1.10. The summed E-state index contributed by atoms with van der Waals surface area (Å²) >= 11 is 1.58. The van der Waals surface area contributed by atoms with Crippen LogP contribution >= 0.6 is 11.3 Å². The number of fused-ring (bicyclic) bond motifs is 1. The summed E-state index contributed by atoms with van der Waals surface area (Å²) in [4.78, 5) is 41.5. The van der Waals surface area contributed by atoms with Gasteiger partial charge in [0, 0.05) is 17.7 Å². The van der Waals surface area contributed by atoms with E-state index in [-0.39, 0.29) is 17.5 Å². The topological polar surface area (TPSA) is 97.4 Å². The van der Waals surface area contributed by atoms with Crippen molar-refractivity contribution in [3.05, 3.63) is 59.1 Å². The first-order chi connectivity index (χ1) is 16.4. The van der Waals surface area contributed by atoms with Gasteiger partial charge >= 0.3 is 5.97 Å². The molecule has 0 saturated heterocycles. The fourth-order valence-electron chi connectivity index (χ4n) is 4.01. The maximum Gasteiger partial charge on any atom is 0.310 e. The van der Waals surface area contributed by atoms with Crippen LogP contribution in [0.5, 0.6) is 0 Å². The number of amides is 2. The third kappa shape index (κ3) is 5.74. The predicted molar refractivity (Wildman–Crippen MR) is 123 cm³/mol. The Morgan fingerprint density at radius 1 is 1.03 bits per heavy atom. The smallest absolute Gasteiger partial charge is 0.310 e. The standard InChI is InChI=1S/C24H23F2N3O4S/c25-17-10-9-14(11-18(17)26)28-21(30)12-27-22(31)13-33-24(32)16-6-2-1-5-15(16)23-29-19-7-3-4-8-20(19)34-23/h3-4,7-11,15-16H,1-2,5-6,12-13H2,(H,27,31)(H,28,30). The molecule has 4 rings (SSSR count). The molecular formula is C24H23F2N3O4S. The Morgan fingerprint density at radius 3 is 2.62 bits per heavy atom. The number of carbonyl (C=O) groups excluding carboxylic acids is 3. The summed E-state index contributed by atoms with van der Waals surface area (Å²) in [5.41, 5.74) is 0.962. The van der Waals surface area contributed by atoms with Gasteiger partial charge in [-0.1, -0.05) is 25.0 Å². The molecule has 1 aliphatic carbocycles. The van der Waals surface area contributed by atoms with Crippen LogP contribution in [0.1, 0.15) is 36.6 Å². The second-order valence-corrected chi connectivity index (χ2v) is 9.14. The number of esters is 1. The van der Waals surface area contributed by atoms with E-state index < -0.39 is 42.6 Å². The van der Waals surface area contributed by atoms with Crippen LogP contribution in [0.3, 0.4) is 0 Å². The number of ether oxygens (including phenoxy) is 1. The van der Waals surface area contributed by atoms with Crippen molar-refractivity contribution in [2.24, 2.45) is 5.92 Å². The maximum atomic E-state index is 13.2. The van der Waals surface area contributed by atoms with Crippen molar-refractivity contribution in [1.29, 1.82) is 0 Å². The molecule has 1 heterocycles. The lowest BCUT2D eigenvalue weighted by Crippen LogP contribution is -2.37. The Hall–Kier alpha value is -3.40. The van der Waals surface area contributed by atoms with Gasteiger partial charge in [-0.15, -0.1) is 11.3 Å². The summed E-state index contributed by atoms with van der Waals surface area (Å²) in [5, 5.41) is 5.59. The summed E-state index contributed by atoms with van der Waals surface area (Å²) in [6.45, 7) is -0.923. The average molecular weight is 488 g/mol. The van der Waals surface area contributed by atoms with Gasteiger partial charge in [-0.3, -0.25) is 14.4 Å². The number of aromatic nitrogens is 1. The Labute approximate surface area is 198 Å². The van der Waals surface area contributed by atoms with Crippen molar-refractivity contribution in [2.45, 2.75) is 31.6 Å². The van der Waals surface area contributed by atoms with E-state index in [0.29, 0.717) is 6.42 Å². The highest BCUT2D eigenvalue weighted by Gasteiger charge is 2.35. The zero-order chi connectivity index (χ0) is 24.1. The minimum Gasteiger partial charge on any atom is -0.455 e. The zero-order valence-corrected chi connectivity index (χ0v) is 19.0. The van der Waals surface area contributed by atoms with Crippen LogP contribution in [0.4, 0.5) is 14.5 Å². The molecule has 10 heteroatoms. The number of para-hydroxylation sites is 1. The number of benzene rings is 2. The van der Waals surface area contributed by atoms with Gasteiger partial charge in [-0.2, -0.15) is 0 Å². The zero-order valence-electron chi connectivity index (χ0n) is 18.2. The molecule has 2 unspecified atom stereocenters. The van der Waals surface area contributed by atoms with Crippen molar-refractivity contribution < 1.29 is 27.9 Å². The van der Waals surface area contributed by atoms with Crippen molar-refractivity contribution in [3.8, 4) is 0 Å². The number of halogens is 2. The lowest BCUT2D eigenvalue weighted by molar-refractivity contribution is -0.154. The molecule has 1 aromatic heterocycles. The van der Waals surface area contributed by atoms with E-state index in [2.05, 4.69) is 10.6 Å². The molecule has 1 aliphatic rings. The lowest BCUT2D eigenvalue weighted by Gasteiger charge is -2.28. The molecule has 1 saturated carbocycles. The lowest BCUT2D eigenvalue weighted by atomic mass is 9.79. The SMILES string of the molecule is O=C(COC(=O)C1CCCCC1c1nc2ccccc2s1)NCC(=O)Nc1ccc(F)c(F)c1. The first-order valence-electron chi connectivity index (χ1n) is 10.9. The highest BCUT2D eigenvalue weighted by Crippen LogP contribution is 2.41. The van der Waals surface area contributed by atoms with E-state index in [1.54, 1.807) is 11.3 Å². The number of rotatable bonds is 7. The molecule has 2 amide bonds. The predicted octanol–water partition coefficient (Wildman–Crippen LogP) is 4.15. The normalized spacial score (nSPS) is 17.8. The van der Waals surface area contributed by atoms with Gasteiger partial charge in [0.15, 0.2) is 18.2 Å². The minimum absolute atomic E-state index is 0.0522. The first-order valence-corrected chi connectivity index (χ1v) is 11.8. The second-order valence-electron chi connectivity index (χ2n) is 8.08. The van der Waals surface area contributed by atoms with Crippen LogP contribution in [0, 0.1) is 17.6 Å². The summed E-state index contributed by atoms with van der Waals surface area (Å²) in [7, 11) is 0. The molecular weight excluding hydrogens is 464 g/mol. The van der Waals surface area contributed by atoms with Gasteiger partial charge in [0.25, 0.3) is 5.91 Å². The van der Waals surface area contributed by atoms with Crippen LogP contribution < -0.4 is 10.6 Å². The number of nitrogens with one attached hydrogen (secondary N) is 2. The molecule has 0 aliphatic heterocycles. The molecule has 178 valence electrons. The number of hydrogen-bond donors (Lipinski definition) is 2. The average Bonchev–Trinajstić information content (AvgIpc) is 3.28. The van der Waals surface area contributed by atoms with Crippen LogP contribution in [0.2, 0.25) is 0 Å². The molecule has 1 fully saturated rings. The van der Waals surface area contributed by atoms with Gasteiger partial charge < -0.3 is 15.4 Å². The van der Waals surface area contributed by atoms with Crippen LogP contribution in [0.25, 0.3) is 10.2 Å². The van der Waals surface area contributed by atoms with E-state index in [4.69, 9.17) is 9.72 Å². The van der Waals surface area contributed by atoms with E-state index in [9.17, 15) is 23.2 Å².